The molecular formula is C12H9FN4O2. The molecule has 0 radical (unpaired) electrons. The molecule has 3 aromatic rings. The molecule has 2 aromatic heterocycles. The zero-order valence-corrected chi connectivity index (χ0v) is 9.88. The highest BCUT2D eigenvalue weighted by atomic mass is 19.1. The lowest BCUT2D eigenvalue weighted by molar-refractivity contribution is 0.0692. The third-order valence-corrected chi connectivity index (χ3v) is 2.99. The average molecular weight is 260 g/mol. The van der Waals surface area contributed by atoms with Gasteiger partial charge in [-0.15, -0.1) is 0 Å². The van der Waals surface area contributed by atoms with Crippen molar-refractivity contribution >= 4 is 28.3 Å². The largest absolute Gasteiger partial charge is 0.478 e. The number of aromatic nitrogens is 3. The van der Waals surface area contributed by atoms with E-state index >= 15 is 0 Å². The first-order valence-electron chi connectivity index (χ1n) is 5.44. The van der Waals surface area contributed by atoms with Crippen molar-refractivity contribution in [3.8, 4) is 0 Å². The SMILES string of the molecule is Cc1ncn2c1c(N)nc1cc(F)c(C(=O)O)cc12. The molecule has 0 fully saturated rings. The van der Waals surface area contributed by atoms with E-state index in [1.807, 2.05) is 0 Å². The quantitative estimate of drug-likeness (QED) is 0.693. The molecule has 0 aliphatic carbocycles. The number of fused-ring (bicyclic) bond motifs is 3. The first-order valence-corrected chi connectivity index (χ1v) is 5.44. The fourth-order valence-electron chi connectivity index (χ4n) is 2.11. The van der Waals surface area contributed by atoms with Gasteiger partial charge in [-0.25, -0.2) is 19.2 Å². The van der Waals surface area contributed by atoms with Crippen LogP contribution >= 0.6 is 0 Å². The minimum Gasteiger partial charge on any atom is -0.478 e. The Labute approximate surface area is 106 Å². The number of nitrogens with two attached hydrogens (primary N) is 1. The first-order chi connectivity index (χ1) is 8.99. The molecule has 0 bridgehead atoms. The molecule has 0 saturated heterocycles. The van der Waals surface area contributed by atoms with Gasteiger partial charge in [0.25, 0.3) is 0 Å². The van der Waals surface area contributed by atoms with E-state index in [1.54, 1.807) is 11.3 Å². The number of carboxylic acid groups (broad SMARTS) is 1. The predicted molar refractivity (Wildman–Crippen MR) is 66.6 cm³/mol. The summed E-state index contributed by atoms with van der Waals surface area (Å²) in [5, 5.41) is 8.95. The van der Waals surface area contributed by atoms with Crippen molar-refractivity contribution in [2.75, 3.05) is 5.73 Å². The van der Waals surface area contributed by atoms with E-state index in [4.69, 9.17) is 10.8 Å². The van der Waals surface area contributed by atoms with Crippen molar-refractivity contribution in [3.05, 3.63) is 35.5 Å². The van der Waals surface area contributed by atoms with E-state index < -0.39 is 17.3 Å². The maximum Gasteiger partial charge on any atom is 0.338 e. The van der Waals surface area contributed by atoms with Gasteiger partial charge in [0, 0.05) is 6.07 Å². The molecule has 0 aliphatic heterocycles. The molecule has 0 unspecified atom stereocenters. The Morgan fingerprint density at radius 1 is 1.47 bits per heavy atom. The van der Waals surface area contributed by atoms with Gasteiger partial charge >= 0.3 is 5.97 Å². The summed E-state index contributed by atoms with van der Waals surface area (Å²) in [5.74, 6) is -1.95. The maximum absolute atomic E-state index is 13.6. The molecule has 0 amide bonds. The number of hydrogen-bond acceptors (Lipinski definition) is 4. The van der Waals surface area contributed by atoms with E-state index in [9.17, 15) is 9.18 Å². The normalized spacial score (nSPS) is 11.3. The van der Waals surface area contributed by atoms with Crippen LogP contribution in [-0.2, 0) is 0 Å². The average Bonchev–Trinajstić information content (AvgIpc) is 2.71. The fraction of sp³-hybridized carbons (Fsp3) is 0.0833. The second-order valence-electron chi connectivity index (χ2n) is 4.17. The molecule has 0 spiro atoms. The number of halogens is 1. The molecule has 7 heteroatoms. The van der Waals surface area contributed by atoms with Crippen LogP contribution in [-0.4, -0.2) is 25.4 Å². The van der Waals surface area contributed by atoms with E-state index in [0.29, 0.717) is 16.7 Å². The number of hydrogen-bond donors (Lipinski definition) is 2. The minimum absolute atomic E-state index is 0.227. The van der Waals surface area contributed by atoms with Crippen LogP contribution in [0.5, 0.6) is 0 Å². The Hall–Kier alpha value is -2.70. The zero-order chi connectivity index (χ0) is 13.7. The van der Waals surface area contributed by atoms with Gasteiger partial charge in [0.2, 0.25) is 0 Å². The number of aryl methyl sites for hydroxylation is 1. The minimum atomic E-state index is -1.33. The summed E-state index contributed by atoms with van der Waals surface area (Å²) in [6, 6.07) is 2.29. The van der Waals surface area contributed by atoms with Crippen LogP contribution in [0.1, 0.15) is 16.1 Å². The maximum atomic E-state index is 13.6. The smallest absolute Gasteiger partial charge is 0.338 e. The predicted octanol–water partition coefficient (Wildman–Crippen LogP) is 1.61. The summed E-state index contributed by atoms with van der Waals surface area (Å²) in [7, 11) is 0. The lowest BCUT2D eigenvalue weighted by Gasteiger charge is -2.06. The number of benzene rings is 1. The summed E-state index contributed by atoms with van der Waals surface area (Å²) >= 11 is 0. The van der Waals surface area contributed by atoms with Gasteiger partial charge in [-0.1, -0.05) is 0 Å². The summed E-state index contributed by atoms with van der Waals surface area (Å²) in [4.78, 5) is 19.2. The van der Waals surface area contributed by atoms with Gasteiger partial charge in [0.1, 0.15) is 23.5 Å². The highest BCUT2D eigenvalue weighted by Crippen LogP contribution is 2.24. The van der Waals surface area contributed by atoms with E-state index in [2.05, 4.69) is 9.97 Å². The molecule has 3 rings (SSSR count). The van der Waals surface area contributed by atoms with Crippen molar-refractivity contribution in [1.29, 1.82) is 0 Å². The highest BCUT2D eigenvalue weighted by molar-refractivity contribution is 5.94. The standard InChI is InChI=1S/C12H9FN4O2/c1-5-10-11(14)16-8-3-7(13)6(12(18)19)2-9(8)17(10)4-15-5/h2-4H,1H3,(H2,14,16)(H,18,19). The van der Waals surface area contributed by atoms with Crippen LogP contribution in [0.15, 0.2) is 18.5 Å². The van der Waals surface area contributed by atoms with Crippen molar-refractivity contribution in [2.24, 2.45) is 0 Å². The number of aromatic carboxylic acids is 1. The van der Waals surface area contributed by atoms with Gasteiger partial charge in [-0.3, -0.25) is 4.40 Å². The van der Waals surface area contributed by atoms with E-state index in [-0.39, 0.29) is 11.3 Å². The number of rotatable bonds is 1. The van der Waals surface area contributed by atoms with Crippen LogP contribution in [0, 0.1) is 12.7 Å². The fourth-order valence-corrected chi connectivity index (χ4v) is 2.11. The van der Waals surface area contributed by atoms with Gasteiger partial charge in [-0.05, 0) is 13.0 Å². The third-order valence-electron chi connectivity index (χ3n) is 2.99. The van der Waals surface area contributed by atoms with Gasteiger partial charge in [0.05, 0.1) is 22.3 Å². The molecule has 0 aliphatic rings. The van der Waals surface area contributed by atoms with Crippen LogP contribution < -0.4 is 5.73 Å². The summed E-state index contributed by atoms with van der Waals surface area (Å²) in [5.41, 5.74) is 7.39. The Kier molecular flexibility index (Phi) is 2.19. The molecular weight excluding hydrogens is 251 g/mol. The van der Waals surface area contributed by atoms with Crippen molar-refractivity contribution in [1.82, 2.24) is 14.4 Å². The summed E-state index contributed by atoms with van der Waals surface area (Å²) < 4.78 is 15.2. The molecule has 6 nitrogen and oxygen atoms in total. The Morgan fingerprint density at radius 2 is 2.21 bits per heavy atom. The van der Waals surface area contributed by atoms with Crippen LogP contribution in [0.2, 0.25) is 0 Å². The lowest BCUT2D eigenvalue weighted by Crippen LogP contribution is -2.04. The number of nitrogens with zero attached hydrogens (tertiary/aromatic N) is 3. The highest BCUT2D eigenvalue weighted by Gasteiger charge is 2.16. The second-order valence-corrected chi connectivity index (χ2v) is 4.17. The van der Waals surface area contributed by atoms with Crippen molar-refractivity contribution in [2.45, 2.75) is 6.92 Å². The number of carboxylic acids is 1. The Bertz CT molecular complexity index is 841. The molecule has 0 saturated carbocycles. The molecule has 19 heavy (non-hydrogen) atoms. The monoisotopic (exact) mass is 260 g/mol. The van der Waals surface area contributed by atoms with Crippen LogP contribution in [0.3, 0.4) is 0 Å². The molecule has 3 N–H and O–H groups in total. The van der Waals surface area contributed by atoms with E-state index in [1.165, 1.54) is 12.4 Å². The zero-order valence-electron chi connectivity index (χ0n) is 9.88. The molecule has 2 heterocycles. The van der Waals surface area contributed by atoms with Crippen LogP contribution in [0.4, 0.5) is 10.2 Å². The number of imidazole rings is 1. The molecule has 0 atom stereocenters. The summed E-state index contributed by atoms with van der Waals surface area (Å²) in [6.07, 6.45) is 1.51. The van der Waals surface area contributed by atoms with Crippen LogP contribution in [0.25, 0.3) is 16.6 Å². The Balaban J connectivity index is 2.53. The van der Waals surface area contributed by atoms with Crippen molar-refractivity contribution < 1.29 is 14.3 Å². The molecule has 96 valence electrons. The molecule has 1 aromatic carbocycles. The lowest BCUT2D eigenvalue weighted by atomic mass is 10.1. The topological polar surface area (TPSA) is 93.5 Å². The number of nitrogen functional groups attached to an aromatic ring is 1. The Morgan fingerprint density at radius 3 is 2.89 bits per heavy atom. The second kappa shape index (κ2) is 3.64. The van der Waals surface area contributed by atoms with E-state index in [0.717, 1.165) is 6.07 Å². The third kappa shape index (κ3) is 1.51. The first kappa shape index (κ1) is 11.4. The number of anilines is 1. The van der Waals surface area contributed by atoms with Gasteiger partial charge < -0.3 is 10.8 Å². The van der Waals surface area contributed by atoms with Gasteiger partial charge in [0.15, 0.2) is 0 Å². The summed E-state index contributed by atoms with van der Waals surface area (Å²) in [6.45, 7) is 1.76. The van der Waals surface area contributed by atoms with Crippen molar-refractivity contribution in [3.63, 3.8) is 0 Å². The number of carbonyl (C=O) groups is 1. The van der Waals surface area contributed by atoms with Gasteiger partial charge in [-0.2, -0.15) is 0 Å².